The van der Waals surface area contributed by atoms with Crippen LogP contribution in [0, 0.1) is 0 Å². The van der Waals surface area contributed by atoms with Crippen LogP contribution >= 0.6 is 11.6 Å². The highest BCUT2D eigenvalue weighted by molar-refractivity contribution is 6.33. The highest BCUT2D eigenvalue weighted by Gasteiger charge is 2.25. The van der Waals surface area contributed by atoms with E-state index in [4.69, 9.17) is 16.3 Å². The van der Waals surface area contributed by atoms with Gasteiger partial charge in [0.25, 0.3) is 5.91 Å². The summed E-state index contributed by atoms with van der Waals surface area (Å²) in [6.45, 7) is 3.31. The van der Waals surface area contributed by atoms with Crippen molar-refractivity contribution in [1.29, 1.82) is 0 Å². The lowest BCUT2D eigenvalue weighted by Gasteiger charge is -2.35. The van der Waals surface area contributed by atoms with Gasteiger partial charge in [-0.15, -0.1) is 0 Å². The number of anilines is 1. The Morgan fingerprint density at radius 2 is 2.00 bits per heavy atom. The number of ether oxygens (including phenoxy) is 1. The summed E-state index contributed by atoms with van der Waals surface area (Å²) in [7, 11) is 1.65. The van der Waals surface area contributed by atoms with Crippen molar-refractivity contribution < 1.29 is 14.3 Å². The second-order valence-corrected chi connectivity index (χ2v) is 7.58. The third-order valence-corrected chi connectivity index (χ3v) is 5.38. The van der Waals surface area contributed by atoms with Gasteiger partial charge in [-0.05, 0) is 44.0 Å². The number of rotatable bonds is 6. The number of hydrogen-bond donors (Lipinski definition) is 2. The van der Waals surface area contributed by atoms with Gasteiger partial charge in [0.05, 0.1) is 17.7 Å². The van der Waals surface area contributed by atoms with E-state index in [1.54, 1.807) is 38.3 Å². The Bertz CT molecular complexity index is 874. The van der Waals surface area contributed by atoms with Crippen molar-refractivity contribution in [3.8, 4) is 5.75 Å². The molecule has 2 unspecified atom stereocenters. The van der Waals surface area contributed by atoms with Gasteiger partial charge in [-0.3, -0.25) is 9.59 Å². The monoisotopic (exact) mass is 415 g/mol. The third-order valence-electron chi connectivity index (χ3n) is 5.05. The average molecular weight is 416 g/mol. The predicted octanol–water partition coefficient (Wildman–Crippen LogP) is 3.25. The first kappa shape index (κ1) is 21.0. The van der Waals surface area contributed by atoms with Crippen molar-refractivity contribution in [2.45, 2.75) is 31.8 Å². The molecule has 0 aliphatic carbocycles. The second kappa shape index (κ2) is 9.65. The zero-order chi connectivity index (χ0) is 20.8. The minimum Gasteiger partial charge on any atom is -0.497 e. The van der Waals surface area contributed by atoms with Crippen LogP contribution in [0.15, 0.2) is 48.5 Å². The van der Waals surface area contributed by atoms with Gasteiger partial charge in [0.15, 0.2) is 0 Å². The van der Waals surface area contributed by atoms with Crippen molar-refractivity contribution in [2.75, 3.05) is 25.1 Å². The topological polar surface area (TPSA) is 70.7 Å². The summed E-state index contributed by atoms with van der Waals surface area (Å²) in [4.78, 5) is 27.2. The normalized spacial score (nSPS) is 17.3. The molecule has 0 bridgehead atoms. The average Bonchev–Trinajstić information content (AvgIpc) is 2.74. The smallest absolute Gasteiger partial charge is 0.253 e. The molecule has 1 saturated heterocycles. The summed E-state index contributed by atoms with van der Waals surface area (Å²) in [5.74, 6) is 0.243. The summed E-state index contributed by atoms with van der Waals surface area (Å²) in [5.41, 5.74) is 1.43. The van der Waals surface area contributed by atoms with Crippen LogP contribution in [0.5, 0.6) is 5.75 Å². The van der Waals surface area contributed by atoms with E-state index in [9.17, 15) is 9.59 Å². The largest absolute Gasteiger partial charge is 0.497 e. The van der Waals surface area contributed by atoms with Crippen LogP contribution in [-0.4, -0.2) is 44.1 Å². The van der Waals surface area contributed by atoms with Crippen LogP contribution in [0.25, 0.3) is 0 Å². The Kier molecular flexibility index (Phi) is 6.99. The first-order valence-electron chi connectivity index (χ1n) is 9.72. The Hall–Kier alpha value is -2.73. The summed E-state index contributed by atoms with van der Waals surface area (Å²) < 4.78 is 5.30. The maximum absolute atomic E-state index is 12.6. The Labute approximate surface area is 176 Å². The fraction of sp³-hybridized carbons (Fsp3) is 0.364. The van der Waals surface area contributed by atoms with E-state index in [0.29, 0.717) is 17.1 Å². The van der Waals surface area contributed by atoms with Crippen molar-refractivity contribution in [3.63, 3.8) is 0 Å². The summed E-state index contributed by atoms with van der Waals surface area (Å²) >= 11 is 6.06. The molecule has 0 aromatic heterocycles. The zero-order valence-corrected chi connectivity index (χ0v) is 17.4. The molecule has 2 aromatic rings. The molecular formula is C22H26ClN3O3. The van der Waals surface area contributed by atoms with Gasteiger partial charge in [0.1, 0.15) is 11.8 Å². The van der Waals surface area contributed by atoms with Gasteiger partial charge in [0.2, 0.25) is 5.91 Å². The quantitative estimate of drug-likeness (QED) is 0.759. The van der Waals surface area contributed by atoms with E-state index < -0.39 is 6.04 Å². The molecule has 2 amide bonds. The standard InChI is InChI=1S/C22H26ClN3O3/c1-15(24-22(28)19-10-3-4-11-20(19)23)21(27)25-16-7-6-12-26(14-16)17-8-5-9-18(13-17)29-2/h3-5,8-11,13,15-16H,6-7,12,14H2,1-2H3,(H,24,28)(H,25,27). The molecule has 7 heteroatoms. The Morgan fingerprint density at radius 3 is 2.76 bits per heavy atom. The van der Waals surface area contributed by atoms with E-state index in [2.05, 4.69) is 15.5 Å². The van der Waals surface area contributed by atoms with E-state index in [-0.39, 0.29) is 17.9 Å². The number of carbonyl (C=O) groups is 2. The Morgan fingerprint density at radius 1 is 1.21 bits per heavy atom. The molecule has 2 N–H and O–H groups in total. The van der Waals surface area contributed by atoms with E-state index in [1.165, 1.54) is 0 Å². The molecule has 1 aliphatic heterocycles. The molecule has 2 aromatic carbocycles. The van der Waals surface area contributed by atoms with Gasteiger partial charge in [-0.25, -0.2) is 0 Å². The lowest BCUT2D eigenvalue weighted by molar-refractivity contribution is -0.123. The van der Waals surface area contributed by atoms with Gasteiger partial charge >= 0.3 is 0 Å². The molecule has 0 saturated carbocycles. The van der Waals surface area contributed by atoms with E-state index in [0.717, 1.165) is 30.8 Å². The number of piperidine rings is 1. The lowest BCUT2D eigenvalue weighted by atomic mass is 10.0. The van der Waals surface area contributed by atoms with Crippen LogP contribution in [0.2, 0.25) is 5.02 Å². The maximum atomic E-state index is 12.6. The van der Waals surface area contributed by atoms with E-state index in [1.807, 2.05) is 24.3 Å². The minimum atomic E-state index is -0.661. The number of halogens is 1. The molecule has 0 radical (unpaired) electrons. The summed E-state index contributed by atoms with van der Waals surface area (Å²) in [5, 5.41) is 6.14. The molecule has 1 fully saturated rings. The van der Waals surface area contributed by atoms with Crippen molar-refractivity contribution in [2.24, 2.45) is 0 Å². The lowest BCUT2D eigenvalue weighted by Crippen LogP contribution is -2.53. The number of benzene rings is 2. The number of nitrogens with zero attached hydrogens (tertiary/aromatic N) is 1. The summed E-state index contributed by atoms with van der Waals surface area (Å²) in [6, 6.07) is 14.0. The fourth-order valence-electron chi connectivity index (χ4n) is 3.45. The molecule has 3 rings (SSSR count). The zero-order valence-electron chi connectivity index (χ0n) is 16.7. The minimum absolute atomic E-state index is 0.0158. The number of carbonyl (C=O) groups excluding carboxylic acids is 2. The third kappa shape index (κ3) is 5.41. The van der Waals surface area contributed by atoms with Gasteiger partial charge < -0.3 is 20.3 Å². The molecule has 1 aliphatic rings. The molecule has 1 heterocycles. The van der Waals surface area contributed by atoms with Gasteiger partial charge in [0, 0.05) is 30.9 Å². The highest BCUT2D eigenvalue weighted by Crippen LogP contribution is 2.24. The second-order valence-electron chi connectivity index (χ2n) is 7.17. The molecule has 6 nitrogen and oxygen atoms in total. The molecule has 2 atom stereocenters. The van der Waals surface area contributed by atoms with Crippen molar-refractivity contribution in [3.05, 3.63) is 59.1 Å². The SMILES string of the molecule is COc1cccc(N2CCCC(NC(=O)C(C)NC(=O)c3ccccc3Cl)C2)c1. The molecule has 154 valence electrons. The molecular weight excluding hydrogens is 390 g/mol. The number of nitrogens with one attached hydrogen (secondary N) is 2. The first-order chi connectivity index (χ1) is 14.0. The van der Waals surface area contributed by atoms with Gasteiger partial charge in [-0.2, -0.15) is 0 Å². The summed E-state index contributed by atoms with van der Waals surface area (Å²) in [6.07, 6.45) is 1.87. The highest BCUT2D eigenvalue weighted by atomic mass is 35.5. The molecule has 29 heavy (non-hydrogen) atoms. The molecule has 0 spiro atoms. The number of methoxy groups -OCH3 is 1. The van der Waals surface area contributed by atoms with E-state index >= 15 is 0 Å². The van der Waals surface area contributed by atoms with Gasteiger partial charge in [-0.1, -0.05) is 29.8 Å². The first-order valence-corrected chi connectivity index (χ1v) is 10.1. The maximum Gasteiger partial charge on any atom is 0.253 e. The number of amides is 2. The van der Waals surface area contributed by atoms with Crippen molar-refractivity contribution in [1.82, 2.24) is 10.6 Å². The Balaban J connectivity index is 1.56. The van der Waals surface area contributed by atoms with Crippen molar-refractivity contribution >= 4 is 29.1 Å². The van der Waals surface area contributed by atoms with Crippen LogP contribution in [-0.2, 0) is 4.79 Å². The van der Waals surface area contributed by atoms with Crippen LogP contribution in [0.3, 0.4) is 0 Å². The van der Waals surface area contributed by atoms with Crippen LogP contribution in [0.1, 0.15) is 30.1 Å². The van der Waals surface area contributed by atoms with Crippen LogP contribution in [0.4, 0.5) is 5.69 Å². The fourth-order valence-corrected chi connectivity index (χ4v) is 3.67. The van der Waals surface area contributed by atoms with Crippen LogP contribution < -0.4 is 20.3 Å². The predicted molar refractivity (Wildman–Crippen MR) is 115 cm³/mol. The number of hydrogen-bond acceptors (Lipinski definition) is 4.